The van der Waals surface area contributed by atoms with E-state index in [4.69, 9.17) is 11.6 Å². The third kappa shape index (κ3) is 3.25. The van der Waals surface area contributed by atoms with E-state index >= 15 is 0 Å². The van der Waals surface area contributed by atoms with Crippen LogP contribution in [0.4, 0.5) is 0 Å². The number of halogens is 2. The summed E-state index contributed by atoms with van der Waals surface area (Å²) in [7, 11) is 1.97. The summed E-state index contributed by atoms with van der Waals surface area (Å²) in [6, 6.07) is 6.18. The summed E-state index contributed by atoms with van der Waals surface area (Å²) in [5, 5.41) is 8.73. The standard InChI is InChI=1S/C15H19BrClN3/c1-9(13-6-5-12(16)7-15(13)17)18-8-14-10(2)19-20(4)11(14)3/h5-7,9,18H,8H2,1-4H3. The minimum Gasteiger partial charge on any atom is -0.306 e. The van der Waals surface area contributed by atoms with E-state index in [2.05, 4.69) is 40.2 Å². The van der Waals surface area contributed by atoms with Gasteiger partial charge in [0.15, 0.2) is 0 Å². The Morgan fingerprint density at radius 3 is 2.65 bits per heavy atom. The Hall–Kier alpha value is -0.840. The molecule has 1 unspecified atom stereocenters. The first-order valence-electron chi connectivity index (χ1n) is 6.57. The first-order chi connectivity index (χ1) is 9.40. The van der Waals surface area contributed by atoms with Gasteiger partial charge in [-0.1, -0.05) is 33.6 Å². The minimum atomic E-state index is 0.189. The fraction of sp³-hybridized carbons (Fsp3) is 0.400. The Balaban J connectivity index is 2.10. The van der Waals surface area contributed by atoms with Crippen molar-refractivity contribution in [1.82, 2.24) is 15.1 Å². The van der Waals surface area contributed by atoms with E-state index in [-0.39, 0.29) is 6.04 Å². The molecule has 3 nitrogen and oxygen atoms in total. The largest absolute Gasteiger partial charge is 0.306 e. The molecule has 1 N–H and O–H groups in total. The minimum absolute atomic E-state index is 0.189. The van der Waals surface area contributed by atoms with E-state index in [0.717, 1.165) is 27.3 Å². The number of benzene rings is 1. The van der Waals surface area contributed by atoms with E-state index in [9.17, 15) is 0 Å². The lowest BCUT2D eigenvalue weighted by molar-refractivity contribution is 0.571. The molecule has 20 heavy (non-hydrogen) atoms. The monoisotopic (exact) mass is 355 g/mol. The van der Waals surface area contributed by atoms with E-state index in [1.807, 2.05) is 36.9 Å². The van der Waals surface area contributed by atoms with E-state index < -0.39 is 0 Å². The van der Waals surface area contributed by atoms with Gasteiger partial charge in [0, 0.05) is 40.4 Å². The van der Waals surface area contributed by atoms with Gasteiger partial charge in [-0.15, -0.1) is 0 Å². The zero-order valence-electron chi connectivity index (χ0n) is 12.2. The molecule has 0 saturated carbocycles. The summed E-state index contributed by atoms with van der Waals surface area (Å²) < 4.78 is 2.92. The Morgan fingerprint density at radius 1 is 1.40 bits per heavy atom. The van der Waals surface area contributed by atoms with E-state index in [0.29, 0.717) is 0 Å². The van der Waals surface area contributed by atoms with Crippen LogP contribution in [-0.4, -0.2) is 9.78 Å². The molecule has 1 aromatic heterocycles. The number of hydrogen-bond donors (Lipinski definition) is 1. The van der Waals surface area contributed by atoms with Gasteiger partial charge in [0.25, 0.3) is 0 Å². The highest BCUT2D eigenvalue weighted by atomic mass is 79.9. The molecule has 0 radical (unpaired) electrons. The molecule has 1 aromatic carbocycles. The van der Waals surface area contributed by atoms with Crippen molar-refractivity contribution in [3.8, 4) is 0 Å². The Morgan fingerprint density at radius 2 is 2.10 bits per heavy atom. The number of aromatic nitrogens is 2. The van der Waals surface area contributed by atoms with Gasteiger partial charge < -0.3 is 5.32 Å². The predicted octanol–water partition coefficient (Wildman–Crippen LogP) is 4.30. The quantitative estimate of drug-likeness (QED) is 0.885. The first kappa shape index (κ1) is 15.5. The Labute approximate surface area is 133 Å². The molecule has 2 aromatic rings. The van der Waals surface area contributed by atoms with Crippen molar-refractivity contribution in [3.63, 3.8) is 0 Å². The second kappa shape index (κ2) is 6.29. The van der Waals surface area contributed by atoms with Gasteiger partial charge in [-0.3, -0.25) is 4.68 Å². The average molecular weight is 357 g/mol. The molecule has 5 heteroatoms. The summed E-state index contributed by atoms with van der Waals surface area (Å²) in [4.78, 5) is 0. The second-order valence-electron chi connectivity index (χ2n) is 5.04. The maximum Gasteiger partial charge on any atom is 0.0641 e. The maximum absolute atomic E-state index is 6.29. The van der Waals surface area contributed by atoms with Gasteiger partial charge in [0.1, 0.15) is 0 Å². The molecule has 1 heterocycles. The van der Waals surface area contributed by atoms with Crippen molar-refractivity contribution >= 4 is 27.5 Å². The van der Waals surface area contributed by atoms with Crippen LogP contribution in [-0.2, 0) is 13.6 Å². The van der Waals surface area contributed by atoms with Crippen LogP contribution in [0.5, 0.6) is 0 Å². The fourth-order valence-electron chi connectivity index (χ4n) is 2.29. The number of aryl methyl sites for hydroxylation is 2. The Kier molecular flexibility index (Phi) is 4.89. The highest BCUT2D eigenvalue weighted by Gasteiger charge is 2.13. The van der Waals surface area contributed by atoms with Crippen molar-refractivity contribution in [2.45, 2.75) is 33.4 Å². The van der Waals surface area contributed by atoms with Crippen molar-refractivity contribution in [2.75, 3.05) is 0 Å². The van der Waals surface area contributed by atoms with Gasteiger partial charge in [0.05, 0.1) is 5.69 Å². The van der Waals surface area contributed by atoms with Crippen molar-refractivity contribution < 1.29 is 0 Å². The number of rotatable bonds is 4. The molecule has 2 rings (SSSR count). The SMILES string of the molecule is Cc1nn(C)c(C)c1CNC(C)c1ccc(Br)cc1Cl. The summed E-state index contributed by atoms with van der Waals surface area (Å²) in [6.07, 6.45) is 0. The number of nitrogens with one attached hydrogen (secondary N) is 1. The summed E-state index contributed by atoms with van der Waals surface area (Å²) >= 11 is 9.71. The molecule has 0 bridgehead atoms. The lowest BCUT2D eigenvalue weighted by Crippen LogP contribution is -2.19. The smallest absolute Gasteiger partial charge is 0.0641 e. The van der Waals surface area contributed by atoms with Gasteiger partial charge in [-0.2, -0.15) is 5.10 Å². The van der Waals surface area contributed by atoms with Crippen LogP contribution in [0, 0.1) is 13.8 Å². The van der Waals surface area contributed by atoms with Crippen molar-refractivity contribution in [2.24, 2.45) is 7.05 Å². The molecule has 0 aliphatic carbocycles. The Bertz CT molecular complexity index is 622. The lowest BCUT2D eigenvalue weighted by Gasteiger charge is -2.16. The summed E-state index contributed by atoms with van der Waals surface area (Å²) in [5.74, 6) is 0. The summed E-state index contributed by atoms with van der Waals surface area (Å²) in [6.45, 7) is 7.05. The molecule has 0 amide bonds. The van der Waals surface area contributed by atoms with Crippen molar-refractivity contribution in [3.05, 3.63) is 50.2 Å². The molecular weight excluding hydrogens is 338 g/mol. The molecule has 0 aliphatic rings. The fourth-order valence-corrected chi connectivity index (χ4v) is 3.13. The zero-order valence-corrected chi connectivity index (χ0v) is 14.5. The topological polar surface area (TPSA) is 29.9 Å². The van der Waals surface area contributed by atoms with E-state index in [1.54, 1.807) is 0 Å². The lowest BCUT2D eigenvalue weighted by atomic mass is 10.1. The highest BCUT2D eigenvalue weighted by Crippen LogP contribution is 2.26. The molecule has 0 saturated heterocycles. The highest BCUT2D eigenvalue weighted by molar-refractivity contribution is 9.10. The average Bonchev–Trinajstić information content (AvgIpc) is 2.61. The van der Waals surface area contributed by atoms with Gasteiger partial charge in [-0.25, -0.2) is 0 Å². The molecule has 0 spiro atoms. The van der Waals surface area contributed by atoms with Crippen molar-refractivity contribution in [1.29, 1.82) is 0 Å². The van der Waals surface area contributed by atoms with Gasteiger partial charge in [-0.05, 0) is 38.5 Å². The third-order valence-electron chi connectivity index (χ3n) is 3.67. The van der Waals surface area contributed by atoms with Crippen LogP contribution in [0.1, 0.15) is 35.5 Å². The third-order valence-corrected chi connectivity index (χ3v) is 4.49. The maximum atomic E-state index is 6.29. The molecule has 0 fully saturated rings. The van der Waals surface area contributed by atoms with E-state index in [1.165, 1.54) is 11.3 Å². The normalized spacial score (nSPS) is 12.7. The molecular formula is C15H19BrClN3. The number of nitrogens with zero attached hydrogens (tertiary/aromatic N) is 2. The van der Waals surface area contributed by atoms with Crippen LogP contribution in [0.2, 0.25) is 5.02 Å². The van der Waals surface area contributed by atoms with Crippen LogP contribution in [0.15, 0.2) is 22.7 Å². The molecule has 0 aliphatic heterocycles. The number of hydrogen-bond acceptors (Lipinski definition) is 2. The first-order valence-corrected chi connectivity index (χ1v) is 7.74. The van der Waals surface area contributed by atoms with Crippen LogP contribution < -0.4 is 5.32 Å². The zero-order chi connectivity index (χ0) is 14.9. The van der Waals surface area contributed by atoms with Crippen LogP contribution in [0.3, 0.4) is 0 Å². The van der Waals surface area contributed by atoms with Crippen LogP contribution >= 0.6 is 27.5 Å². The predicted molar refractivity (Wildman–Crippen MR) is 87.1 cm³/mol. The van der Waals surface area contributed by atoms with Crippen LogP contribution in [0.25, 0.3) is 0 Å². The molecule has 108 valence electrons. The molecule has 1 atom stereocenters. The van der Waals surface area contributed by atoms with Gasteiger partial charge >= 0.3 is 0 Å². The van der Waals surface area contributed by atoms with Gasteiger partial charge in [0.2, 0.25) is 0 Å². The summed E-state index contributed by atoms with van der Waals surface area (Å²) in [5.41, 5.74) is 4.64. The second-order valence-corrected chi connectivity index (χ2v) is 6.36.